The molecule has 1 aliphatic rings. The van der Waals surface area contributed by atoms with E-state index < -0.39 is 16.0 Å². The summed E-state index contributed by atoms with van der Waals surface area (Å²) in [4.78, 5) is 10.8. The number of thiophene rings is 1. The van der Waals surface area contributed by atoms with E-state index in [4.69, 9.17) is 5.11 Å². The molecule has 1 aromatic rings. The first-order valence-electron chi connectivity index (χ1n) is 5.77. The molecule has 106 valence electrons. The number of hydrogen-bond donors (Lipinski definition) is 2. The summed E-state index contributed by atoms with van der Waals surface area (Å²) in [5, 5.41) is 19.3. The van der Waals surface area contributed by atoms with Gasteiger partial charge in [0.25, 0.3) is 10.0 Å². The third-order valence-corrected chi connectivity index (χ3v) is 6.45. The van der Waals surface area contributed by atoms with Gasteiger partial charge in [-0.2, -0.15) is 4.31 Å². The number of carbonyl (C=O) groups is 1. The number of aliphatic hydroxyl groups is 1. The molecule has 0 bridgehead atoms. The molecular weight excluding hydrogens is 290 g/mol. The second kappa shape index (κ2) is 5.20. The van der Waals surface area contributed by atoms with Crippen molar-refractivity contribution in [3.63, 3.8) is 0 Å². The number of rotatable bonds is 5. The van der Waals surface area contributed by atoms with Crippen molar-refractivity contribution in [3.8, 4) is 0 Å². The van der Waals surface area contributed by atoms with Crippen LogP contribution in [0.2, 0.25) is 0 Å². The van der Waals surface area contributed by atoms with Crippen molar-refractivity contribution in [2.45, 2.75) is 23.2 Å². The average Bonchev–Trinajstić information content (AvgIpc) is 2.76. The lowest BCUT2D eigenvalue weighted by Crippen LogP contribution is -2.39. The highest BCUT2D eigenvalue weighted by atomic mass is 32.2. The summed E-state index contributed by atoms with van der Waals surface area (Å²) in [5.74, 6) is -0.962. The molecule has 1 aromatic heterocycles. The Morgan fingerprint density at radius 3 is 2.63 bits per heavy atom. The maximum Gasteiger partial charge on any atom is 0.336 e. The van der Waals surface area contributed by atoms with Gasteiger partial charge in [0.2, 0.25) is 0 Å². The number of carboxylic acids is 1. The molecule has 1 aliphatic carbocycles. The average molecular weight is 305 g/mol. The van der Waals surface area contributed by atoms with E-state index in [0.717, 1.165) is 11.3 Å². The van der Waals surface area contributed by atoms with Crippen LogP contribution in [-0.2, 0) is 10.0 Å². The lowest BCUT2D eigenvalue weighted by molar-refractivity contribution is 0.0367. The van der Waals surface area contributed by atoms with Crippen LogP contribution >= 0.6 is 11.3 Å². The van der Waals surface area contributed by atoms with E-state index in [1.165, 1.54) is 22.8 Å². The van der Waals surface area contributed by atoms with Gasteiger partial charge in [0.1, 0.15) is 4.21 Å². The number of nitrogens with zero attached hydrogens (tertiary/aromatic N) is 1. The third kappa shape index (κ3) is 2.97. The van der Waals surface area contributed by atoms with Crippen molar-refractivity contribution in [3.05, 3.63) is 17.0 Å². The molecule has 0 saturated heterocycles. The molecule has 0 aromatic carbocycles. The maximum absolute atomic E-state index is 12.2. The van der Waals surface area contributed by atoms with Crippen LogP contribution < -0.4 is 0 Å². The SMILES string of the molecule is CN(CC1CC(O)C1)S(=O)(=O)c1cc(C(=O)O)cs1. The van der Waals surface area contributed by atoms with E-state index in [1.54, 1.807) is 0 Å². The minimum absolute atomic E-state index is 0.0176. The molecule has 0 radical (unpaired) electrons. The molecule has 0 spiro atoms. The van der Waals surface area contributed by atoms with Crippen LogP contribution in [0.3, 0.4) is 0 Å². The van der Waals surface area contributed by atoms with Crippen LogP contribution in [0, 0.1) is 5.92 Å². The van der Waals surface area contributed by atoms with Crippen molar-refractivity contribution >= 4 is 27.3 Å². The van der Waals surface area contributed by atoms with Gasteiger partial charge in [-0.3, -0.25) is 0 Å². The van der Waals surface area contributed by atoms with Crippen LogP contribution in [0.25, 0.3) is 0 Å². The first-order valence-corrected chi connectivity index (χ1v) is 8.09. The van der Waals surface area contributed by atoms with E-state index in [1.807, 2.05) is 0 Å². The summed E-state index contributed by atoms with van der Waals surface area (Å²) in [6.45, 7) is 0.347. The number of aromatic carboxylic acids is 1. The zero-order valence-electron chi connectivity index (χ0n) is 10.3. The molecule has 2 rings (SSSR count). The van der Waals surface area contributed by atoms with Crippen LogP contribution in [-0.4, -0.2) is 48.6 Å². The number of carboxylic acid groups (broad SMARTS) is 1. The van der Waals surface area contributed by atoms with Crippen LogP contribution in [0.5, 0.6) is 0 Å². The summed E-state index contributed by atoms with van der Waals surface area (Å²) in [7, 11) is -2.16. The molecule has 0 amide bonds. The fraction of sp³-hybridized carbons (Fsp3) is 0.545. The Hall–Kier alpha value is -0.960. The molecular formula is C11H15NO5S2. The highest BCUT2D eigenvalue weighted by Gasteiger charge is 2.32. The molecule has 1 saturated carbocycles. The molecule has 0 aliphatic heterocycles. The van der Waals surface area contributed by atoms with Crippen LogP contribution in [0.15, 0.2) is 15.7 Å². The number of hydrogen-bond acceptors (Lipinski definition) is 5. The van der Waals surface area contributed by atoms with Gasteiger partial charge in [0, 0.05) is 19.0 Å². The van der Waals surface area contributed by atoms with Crippen molar-refractivity contribution in [2.75, 3.05) is 13.6 Å². The molecule has 8 heteroatoms. The van der Waals surface area contributed by atoms with Gasteiger partial charge in [0.05, 0.1) is 11.7 Å². The van der Waals surface area contributed by atoms with Crippen molar-refractivity contribution in [1.29, 1.82) is 0 Å². The van der Waals surface area contributed by atoms with Gasteiger partial charge in [-0.05, 0) is 24.8 Å². The first kappa shape index (κ1) is 14.4. The quantitative estimate of drug-likeness (QED) is 0.840. The zero-order valence-corrected chi connectivity index (χ0v) is 11.9. The number of aliphatic hydroxyl groups excluding tert-OH is 1. The fourth-order valence-electron chi connectivity index (χ4n) is 2.03. The largest absolute Gasteiger partial charge is 0.478 e. The minimum Gasteiger partial charge on any atom is -0.478 e. The predicted octanol–water partition coefficient (Wildman–Crippen LogP) is 0.838. The molecule has 19 heavy (non-hydrogen) atoms. The summed E-state index contributed by atoms with van der Waals surface area (Å²) in [6.07, 6.45) is 0.913. The smallest absolute Gasteiger partial charge is 0.336 e. The zero-order chi connectivity index (χ0) is 14.2. The van der Waals surface area contributed by atoms with Crippen molar-refractivity contribution in [1.82, 2.24) is 4.31 Å². The Kier molecular flexibility index (Phi) is 3.95. The molecule has 1 fully saturated rings. The Bertz CT molecular complexity index is 574. The van der Waals surface area contributed by atoms with Crippen LogP contribution in [0.1, 0.15) is 23.2 Å². The van der Waals surface area contributed by atoms with Gasteiger partial charge < -0.3 is 10.2 Å². The molecule has 6 nitrogen and oxygen atoms in total. The van der Waals surface area contributed by atoms with Crippen molar-refractivity contribution < 1.29 is 23.4 Å². The van der Waals surface area contributed by atoms with Gasteiger partial charge in [0.15, 0.2) is 0 Å². The van der Waals surface area contributed by atoms with E-state index in [0.29, 0.717) is 19.4 Å². The highest BCUT2D eigenvalue weighted by Crippen LogP contribution is 2.30. The molecule has 0 unspecified atom stereocenters. The third-order valence-electron chi connectivity index (χ3n) is 3.21. The summed E-state index contributed by atoms with van der Waals surface area (Å²) >= 11 is 0.907. The fourth-order valence-corrected chi connectivity index (χ4v) is 4.64. The molecule has 0 atom stereocenters. The summed E-state index contributed by atoms with van der Waals surface area (Å²) < 4.78 is 25.7. The predicted molar refractivity (Wildman–Crippen MR) is 69.8 cm³/mol. The summed E-state index contributed by atoms with van der Waals surface area (Å²) in [5.41, 5.74) is -0.0176. The Labute approximate surface area is 115 Å². The topological polar surface area (TPSA) is 94.9 Å². The second-order valence-corrected chi connectivity index (χ2v) is 7.92. The molecule has 1 heterocycles. The van der Waals surface area contributed by atoms with E-state index >= 15 is 0 Å². The lowest BCUT2D eigenvalue weighted by Gasteiger charge is -2.33. The van der Waals surface area contributed by atoms with E-state index in [2.05, 4.69) is 0 Å². The molecule has 2 N–H and O–H groups in total. The second-order valence-electron chi connectivity index (χ2n) is 4.74. The Balaban J connectivity index is 2.09. The number of sulfonamides is 1. The van der Waals surface area contributed by atoms with Gasteiger partial charge in [-0.25, -0.2) is 13.2 Å². The van der Waals surface area contributed by atoms with Gasteiger partial charge >= 0.3 is 5.97 Å². The van der Waals surface area contributed by atoms with Crippen LogP contribution in [0.4, 0.5) is 0 Å². The van der Waals surface area contributed by atoms with E-state index in [9.17, 15) is 18.3 Å². The Morgan fingerprint density at radius 2 is 2.16 bits per heavy atom. The maximum atomic E-state index is 12.2. The van der Waals surface area contributed by atoms with Crippen molar-refractivity contribution in [2.24, 2.45) is 5.92 Å². The standard InChI is InChI=1S/C11H15NO5S2/c1-12(5-7-2-9(13)3-7)19(16,17)10-4-8(6-18-10)11(14)15/h4,6-7,9,13H,2-3,5H2,1H3,(H,14,15). The van der Waals surface area contributed by atoms with Gasteiger partial charge in [-0.15, -0.1) is 11.3 Å². The monoisotopic (exact) mass is 305 g/mol. The minimum atomic E-state index is -3.63. The van der Waals surface area contributed by atoms with E-state index in [-0.39, 0.29) is 21.8 Å². The lowest BCUT2D eigenvalue weighted by atomic mass is 9.82. The first-order chi connectivity index (χ1) is 8.80. The Morgan fingerprint density at radius 1 is 1.53 bits per heavy atom. The summed E-state index contributed by atoms with van der Waals surface area (Å²) in [6, 6.07) is 1.18. The normalized spacial score (nSPS) is 23.3. The van der Waals surface area contributed by atoms with Gasteiger partial charge in [-0.1, -0.05) is 0 Å². The highest BCUT2D eigenvalue weighted by molar-refractivity contribution is 7.91.